The minimum Gasteiger partial charge on any atom is -0.471 e. The fourth-order valence-electron chi connectivity index (χ4n) is 3.51. The van der Waals surface area contributed by atoms with Gasteiger partial charge in [0.25, 0.3) is 0 Å². The summed E-state index contributed by atoms with van der Waals surface area (Å²) in [6.45, 7) is 1.01. The van der Waals surface area contributed by atoms with E-state index in [0.717, 1.165) is 18.2 Å². The van der Waals surface area contributed by atoms with Gasteiger partial charge in [0, 0.05) is 25.0 Å². The van der Waals surface area contributed by atoms with Crippen LogP contribution >= 0.6 is 0 Å². The van der Waals surface area contributed by atoms with Gasteiger partial charge in [-0.25, -0.2) is 19.7 Å². The second kappa shape index (κ2) is 8.02. The molecule has 2 aromatic rings. The molecule has 0 radical (unpaired) electrons. The van der Waals surface area contributed by atoms with Gasteiger partial charge in [-0.3, -0.25) is 9.69 Å². The van der Waals surface area contributed by atoms with Crippen molar-refractivity contribution >= 4 is 11.9 Å². The average Bonchev–Trinajstić information content (AvgIpc) is 2.67. The summed E-state index contributed by atoms with van der Waals surface area (Å²) in [5.74, 6) is -0.473. The number of pyridine rings is 1. The molecule has 154 valence electrons. The van der Waals surface area contributed by atoms with Crippen LogP contribution in [0.1, 0.15) is 25.5 Å². The molecule has 0 bridgehead atoms. The number of alkyl halides is 3. The first-order valence-corrected chi connectivity index (χ1v) is 8.67. The fourth-order valence-corrected chi connectivity index (χ4v) is 3.51. The van der Waals surface area contributed by atoms with E-state index in [4.69, 9.17) is 4.74 Å². The lowest BCUT2D eigenvalue weighted by Gasteiger charge is -2.48. The molecule has 1 saturated heterocycles. The number of likely N-dealkylation sites (tertiary alicyclic amines) is 1. The Balaban J connectivity index is 2.11. The monoisotopic (exact) mass is 410 g/mol. The summed E-state index contributed by atoms with van der Waals surface area (Å²) in [6, 6.07) is 6.21. The third-order valence-electron chi connectivity index (χ3n) is 4.57. The number of nitrogens with zero attached hydrogens (tertiary/aromatic N) is 4. The molecule has 0 aliphatic carbocycles. The first kappa shape index (κ1) is 20.5. The Morgan fingerprint density at radius 1 is 1.21 bits per heavy atom. The van der Waals surface area contributed by atoms with Crippen LogP contribution in [0.25, 0.3) is 0 Å². The third-order valence-corrected chi connectivity index (χ3v) is 4.57. The van der Waals surface area contributed by atoms with E-state index in [1.54, 1.807) is 12.1 Å². The fraction of sp³-hybridized carbons (Fsp3) is 0.389. The first-order valence-electron chi connectivity index (χ1n) is 8.67. The van der Waals surface area contributed by atoms with Crippen molar-refractivity contribution in [3.05, 3.63) is 48.7 Å². The van der Waals surface area contributed by atoms with Gasteiger partial charge in [0.1, 0.15) is 12.4 Å². The number of halogens is 3. The summed E-state index contributed by atoms with van der Waals surface area (Å²) in [7, 11) is 0. The number of ether oxygens (including phenoxy) is 2. The Labute approximate surface area is 163 Å². The normalized spacial score (nSPS) is 22.1. The number of hydrogen-bond acceptors (Lipinski definition) is 7. The van der Waals surface area contributed by atoms with Crippen molar-refractivity contribution in [3.8, 4) is 5.88 Å². The number of rotatable bonds is 4. The molecule has 11 heteroatoms. The summed E-state index contributed by atoms with van der Waals surface area (Å²) in [6.07, 6.45) is -3.47. The molecule has 29 heavy (non-hydrogen) atoms. The van der Waals surface area contributed by atoms with E-state index in [-0.39, 0.29) is 31.0 Å². The standard InChI is InChI=1S/C18H17F3N4O4/c1-12(26)17(13-7-9-22-11-24-13)14(28-15-6-2-3-8-23-15)5-4-10-25(17)16(27)29-18(19,20)21/h2-3,6-9,11,14H,4-5,10H2,1H3. The molecule has 1 aliphatic heterocycles. The van der Waals surface area contributed by atoms with Gasteiger partial charge in [0.15, 0.2) is 11.3 Å². The van der Waals surface area contributed by atoms with E-state index >= 15 is 0 Å². The van der Waals surface area contributed by atoms with Crippen molar-refractivity contribution in [2.75, 3.05) is 6.54 Å². The quantitative estimate of drug-likeness (QED) is 0.765. The zero-order valence-corrected chi connectivity index (χ0v) is 15.3. The van der Waals surface area contributed by atoms with Crippen LogP contribution in [0.2, 0.25) is 0 Å². The summed E-state index contributed by atoms with van der Waals surface area (Å²) in [5, 5.41) is 0. The molecular weight excluding hydrogens is 393 g/mol. The number of hydrogen-bond donors (Lipinski definition) is 0. The van der Waals surface area contributed by atoms with E-state index in [1.807, 2.05) is 0 Å². The Kier molecular flexibility index (Phi) is 5.66. The van der Waals surface area contributed by atoms with Crippen LogP contribution in [0.5, 0.6) is 5.88 Å². The lowest BCUT2D eigenvalue weighted by Crippen LogP contribution is -2.65. The summed E-state index contributed by atoms with van der Waals surface area (Å²) < 4.78 is 47.7. The number of piperidine rings is 1. The van der Waals surface area contributed by atoms with Gasteiger partial charge in [0.05, 0.1) is 5.69 Å². The molecule has 1 amide bonds. The van der Waals surface area contributed by atoms with E-state index < -0.39 is 29.9 Å². The highest BCUT2D eigenvalue weighted by atomic mass is 19.4. The van der Waals surface area contributed by atoms with Crippen LogP contribution in [-0.2, 0) is 15.1 Å². The third kappa shape index (κ3) is 4.13. The summed E-state index contributed by atoms with van der Waals surface area (Å²) in [5.41, 5.74) is -1.92. The second-order valence-corrected chi connectivity index (χ2v) is 6.30. The lowest BCUT2D eigenvalue weighted by molar-refractivity contribution is -0.297. The first-order chi connectivity index (χ1) is 13.7. The highest BCUT2D eigenvalue weighted by Crippen LogP contribution is 2.41. The molecule has 0 saturated carbocycles. The van der Waals surface area contributed by atoms with Crippen molar-refractivity contribution in [1.29, 1.82) is 0 Å². The van der Waals surface area contributed by atoms with Gasteiger partial charge < -0.3 is 9.47 Å². The number of carbonyl (C=O) groups excluding carboxylic acids is 2. The van der Waals surface area contributed by atoms with E-state index in [9.17, 15) is 22.8 Å². The number of aromatic nitrogens is 3. The predicted molar refractivity (Wildman–Crippen MR) is 91.5 cm³/mol. The molecule has 3 heterocycles. The van der Waals surface area contributed by atoms with Gasteiger partial charge in [-0.2, -0.15) is 0 Å². The van der Waals surface area contributed by atoms with Crippen molar-refractivity contribution in [1.82, 2.24) is 19.9 Å². The largest absolute Gasteiger partial charge is 0.576 e. The number of amides is 1. The van der Waals surface area contributed by atoms with E-state index in [1.165, 1.54) is 24.5 Å². The molecule has 0 spiro atoms. The maximum atomic E-state index is 12.9. The van der Waals surface area contributed by atoms with Crippen molar-refractivity contribution in [3.63, 3.8) is 0 Å². The smallest absolute Gasteiger partial charge is 0.471 e. The van der Waals surface area contributed by atoms with Crippen molar-refractivity contribution in [2.45, 2.75) is 37.8 Å². The lowest BCUT2D eigenvalue weighted by atomic mass is 9.77. The topological polar surface area (TPSA) is 94.5 Å². The molecular formula is C18H17F3N4O4. The molecule has 1 fully saturated rings. The molecule has 8 nitrogen and oxygen atoms in total. The van der Waals surface area contributed by atoms with Crippen molar-refractivity contribution in [2.24, 2.45) is 0 Å². The van der Waals surface area contributed by atoms with Gasteiger partial charge in [-0.05, 0) is 31.9 Å². The number of Topliss-reactive ketones (excluding diaryl/α,β-unsaturated/α-hetero) is 1. The Morgan fingerprint density at radius 3 is 2.59 bits per heavy atom. The van der Waals surface area contributed by atoms with E-state index in [2.05, 4.69) is 19.7 Å². The van der Waals surface area contributed by atoms with Crippen LogP contribution in [0.3, 0.4) is 0 Å². The summed E-state index contributed by atoms with van der Waals surface area (Å²) in [4.78, 5) is 37.9. The molecule has 0 aromatic carbocycles. The van der Waals surface area contributed by atoms with Crippen LogP contribution < -0.4 is 4.74 Å². The second-order valence-electron chi connectivity index (χ2n) is 6.30. The maximum absolute atomic E-state index is 12.9. The van der Waals surface area contributed by atoms with Gasteiger partial charge in [0.2, 0.25) is 5.88 Å². The highest BCUT2D eigenvalue weighted by molar-refractivity contribution is 5.91. The van der Waals surface area contributed by atoms with Crippen molar-refractivity contribution < 1.29 is 32.2 Å². The zero-order chi connectivity index (χ0) is 21.1. The SMILES string of the molecule is CC(=O)C1(c2ccncn2)C(Oc2ccccn2)CCCN1C(=O)OC(F)(F)F. The van der Waals surface area contributed by atoms with Crippen LogP contribution in [0, 0.1) is 0 Å². The number of carbonyl (C=O) groups is 2. The Hall–Kier alpha value is -3.24. The minimum atomic E-state index is -5.21. The van der Waals surface area contributed by atoms with Gasteiger partial charge >= 0.3 is 12.5 Å². The molecule has 0 N–H and O–H groups in total. The van der Waals surface area contributed by atoms with Gasteiger partial charge in [-0.1, -0.05) is 6.07 Å². The molecule has 3 rings (SSSR count). The number of ketones is 1. The molecule has 1 aliphatic rings. The Bertz CT molecular complexity index is 866. The van der Waals surface area contributed by atoms with E-state index in [0.29, 0.717) is 0 Å². The predicted octanol–water partition coefficient (Wildman–Crippen LogP) is 2.86. The zero-order valence-electron chi connectivity index (χ0n) is 15.3. The molecule has 2 aromatic heterocycles. The summed E-state index contributed by atoms with van der Waals surface area (Å²) >= 11 is 0. The minimum absolute atomic E-state index is 0.0276. The highest BCUT2D eigenvalue weighted by Gasteiger charge is 2.58. The molecule has 2 atom stereocenters. The van der Waals surface area contributed by atoms with Crippen LogP contribution in [-0.4, -0.2) is 50.7 Å². The van der Waals surface area contributed by atoms with Crippen LogP contribution in [0.4, 0.5) is 18.0 Å². The van der Waals surface area contributed by atoms with Gasteiger partial charge in [-0.15, -0.1) is 13.2 Å². The Morgan fingerprint density at radius 2 is 2.00 bits per heavy atom. The average molecular weight is 410 g/mol. The maximum Gasteiger partial charge on any atom is 0.576 e. The molecule has 2 unspecified atom stereocenters. The van der Waals surface area contributed by atoms with Crippen LogP contribution in [0.15, 0.2) is 43.0 Å².